The molecule has 0 radical (unpaired) electrons. The number of pyridine rings is 1. The zero-order valence-corrected chi connectivity index (χ0v) is 11.3. The lowest BCUT2D eigenvalue weighted by Crippen LogP contribution is -2.17. The van der Waals surface area contributed by atoms with Crippen molar-refractivity contribution >= 4 is 10.9 Å². The monoisotopic (exact) mass is 242 g/mol. The van der Waals surface area contributed by atoms with E-state index in [2.05, 4.69) is 48.4 Å². The molecule has 2 nitrogen and oxygen atoms in total. The van der Waals surface area contributed by atoms with Gasteiger partial charge in [-0.25, -0.2) is 0 Å². The minimum atomic E-state index is 0.572. The topological polar surface area (TPSA) is 24.9 Å². The van der Waals surface area contributed by atoms with E-state index in [9.17, 15) is 0 Å². The molecular formula is C16H22N2. The average molecular weight is 242 g/mol. The van der Waals surface area contributed by atoms with E-state index in [0.29, 0.717) is 5.92 Å². The molecule has 1 N–H and O–H groups in total. The molecule has 0 saturated carbocycles. The zero-order chi connectivity index (χ0) is 12.8. The molecule has 1 aromatic heterocycles. The molecule has 0 amide bonds. The number of nitrogens with one attached hydrogen (secondary N) is 1. The van der Waals surface area contributed by atoms with Crippen LogP contribution in [0.2, 0.25) is 0 Å². The van der Waals surface area contributed by atoms with E-state index in [4.69, 9.17) is 0 Å². The van der Waals surface area contributed by atoms with E-state index in [1.54, 1.807) is 0 Å². The normalized spacial score (nSPS) is 12.8. The van der Waals surface area contributed by atoms with Gasteiger partial charge >= 0.3 is 0 Å². The van der Waals surface area contributed by atoms with Crippen molar-refractivity contribution in [2.45, 2.75) is 32.6 Å². The summed E-state index contributed by atoms with van der Waals surface area (Å²) in [6.45, 7) is 6.71. The van der Waals surface area contributed by atoms with E-state index in [-0.39, 0.29) is 0 Å². The van der Waals surface area contributed by atoms with Gasteiger partial charge in [0.25, 0.3) is 0 Å². The maximum atomic E-state index is 4.42. The molecule has 96 valence electrons. The molecule has 1 aromatic carbocycles. The number of nitrogens with zero attached hydrogens (tertiary/aromatic N) is 1. The highest BCUT2D eigenvalue weighted by atomic mass is 14.8. The SMILES string of the molecule is CCCNCCC(C)c1cccc2ncccc12. The molecule has 0 aliphatic carbocycles. The summed E-state index contributed by atoms with van der Waals surface area (Å²) < 4.78 is 0. The predicted octanol–water partition coefficient (Wildman–Crippen LogP) is 3.73. The second-order valence-corrected chi connectivity index (χ2v) is 4.86. The first-order chi connectivity index (χ1) is 8.83. The Morgan fingerprint density at radius 3 is 2.89 bits per heavy atom. The molecule has 0 bridgehead atoms. The number of hydrogen-bond acceptors (Lipinski definition) is 2. The Labute approximate surface area is 109 Å². The van der Waals surface area contributed by atoms with Crippen molar-refractivity contribution < 1.29 is 0 Å². The molecule has 0 aliphatic rings. The Morgan fingerprint density at radius 2 is 2.06 bits per heavy atom. The van der Waals surface area contributed by atoms with E-state index in [1.165, 1.54) is 23.8 Å². The van der Waals surface area contributed by atoms with Crippen molar-refractivity contribution in [3.05, 3.63) is 42.1 Å². The Kier molecular flexibility index (Phi) is 4.71. The Morgan fingerprint density at radius 1 is 1.17 bits per heavy atom. The van der Waals surface area contributed by atoms with Crippen LogP contribution in [-0.4, -0.2) is 18.1 Å². The first-order valence-corrected chi connectivity index (χ1v) is 6.87. The Balaban J connectivity index is 2.10. The largest absolute Gasteiger partial charge is 0.317 e. The minimum Gasteiger partial charge on any atom is -0.317 e. The van der Waals surface area contributed by atoms with E-state index >= 15 is 0 Å². The van der Waals surface area contributed by atoms with Crippen LogP contribution in [0.25, 0.3) is 10.9 Å². The van der Waals surface area contributed by atoms with Crippen LogP contribution < -0.4 is 5.32 Å². The minimum absolute atomic E-state index is 0.572. The quantitative estimate of drug-likeness (QED) is 0.781. The fourth-order valence-electron chi connectivity index (χ4n) is 2.33. The molecule has 18 heavy (non-hydrogen) atoms. The highest BCUT2D eigenvalue weighted by Crippen LogP contribution is 2.26. The van der Waals surface area contributed by atoms with Crippen LogP contribution in [0, 0.1) is 0 Å². The van der Waals surface area contributed by atoms with Gasteiger partial charge in [-0.3, -0.25) is 4.98 Å². The van der Waals surface area contributed by atoms with Gasteiger partial charge in [0.2, 0.25) is 0 Å². The Bertz CT molecular complexity index is 488. The second kappa shape index (κ2) is 6.50. The van der Waals surface area contributed by atoms with E-state index < -0.39 is 0 Å². The maximum Gasteiger partial charge on any atom is 0.0704 e. The first-order valence-electron chi connectivity index (χ1n) is 6.87. The fourth-order valence-corrected chi connectivity index (χ4v) is 2.33. The number of fused-ring (bicyclic) bond motifs is 1. The van der Waals surface area contributed by atoms with Crippen LogP contribution in [0.1, 0.15) is 38.2 Å². The molecular weight excluding hydrogens is 220 g/mol. The summed E-state index contributed by atoms with van der Waals surface area (Å²) in [4.78, 5) is 4.42. The van der Waals surface area contributed by atoms with Crippen LogP contribution in [0.3, 0.4) is 0 Å². The lowest BCUT2D eigenvalue weighted by atomic mass is 9.94. The second-order valence-electron chi connectivity index (χ2n) is 4.86. The van der Waals surface area contributed by atoms with Gasteiger partial charge in [-0.2, -0.15) is 0 Å². The molecule has 0 saturated heterocycles. The standard InChI is InChI=1S/C16H22N2/c1-3-10-17-12-9-13(2)14-6-4-8-16-15(14)7-5-11-18-16/h4-8,11,13,17H,3,9-10,12H2,1-2H3. The molecule has 0 fully saturated rings. The van der Waals surface area contributed by atoms with E-state index in [1.807, 2.05) is 12.3 Å². The highest BCUT2D eigenvalue weighted by molar-refractivity contribution is 5.82. The first kappa shape index (κ1) is 13.0. The van der Waals surface area contributed by atoms with Crippen LogP contribution in [0.15, 0.2) is 36.5 Å². The van der Waals surface area contributed by atoms with Crippen molar-refractivity contribution in [1.29, 1.82) is 0 Å². The summed E-state index contributed by atoms with van der Waals surface area (Å²) in [5, 5.41) is 4.76. The summed E-state index contributed by atoms with van der Waals surface area (Å²) in [5.41, 5.74) is 2.52. The van der Waals surface area contributed by atoms with Gasteiger partial charge < -0.3 is 5.32 Å². The number of aromatic nitrogens is 1. The molecule has 2 heteroatoms. The van der Waals surface area contributed by atoms with Gasteiger partial charge in [-0.05, 0) is 49.5 Å². The fraction of sp³-hybridized carbons (Fsp3) is 0.438. The molecule has 0 spiro atoms. The van der Waals surface area contributed by atoms with Crippen molar-refractivity contribution in [3.63, 3.8) is 0 Å². The molecule has 2 aromatic rings. The smallest absolute Gasteiger partial charge is 0.0704 e. The zero-order valence-electron chi connectivity index (χ0n) is 11.3. The molecule has 2 rings (SSSR count). The van der Waals surface area contributed by atoms with Gasteiger partial charge in [0.1, 0.15) is 0 Å². The van der Waals surface area contributed by atoms with Gasteiger partial charge in [-0.15, -0.1) is 0 Å². The number of rotatable bonds is 6. The molecule has 1 heterocycles. The predicted molar refractivity (Wildman–Crippen MR) is 77.9 cm³/mol. The third-order valence-electron chi connectivity index (χ3n) is 3.39. The molecule has 0 aliphatic heterocycles. The number of hydrogen-bond donors (Lipinski definition) is 1. The van der Waals surface area contributed by atoms with Crippen LogP contribution in [-0.2, 0) is 0 Å². The summed E-state index contributed by atoms with van der Waals surface area (Å²) in [6.07, 6.45) is 4.24. The highest BCUT2D eigenvalue weighted by Gasteiger charge is 2.08. The summed E-state index contributed by atoms with van der Waals surface area (Å²) in [7, 11) is 0. The summed E-state index contributed by atoms with van der Waals surface area (Å²) >= 11 is 0. The lowest BCUT2D eigenvalue weighted by molar-refractivity contribution is 0.592. The van der Waals surface area contributed by atoms with Crippen LogP contribution >= 0.6 is 0 Å². The number of benzene rings is 1. The van der Waals surface area contributed by atoms with Crippen molar-refractivity contribution in [3.8, 4) is 0 Å². The molecule has 1 atom stereocenters. The van der Waals surface area contributed by atoms with Crippen molar-refractivity contribution in [1.82, 2.24) is 10.3 Å². The maximum absolute atomic E-state index is 4.42. The van der Waals surface area contributed by atoms with Gasteiger partial charge in [0.05, 0.1) is 5.52 Å². The summed E-state index contributed by atoms with van der Waals surface area (Å²) in [5.74, 6) is 0.572. The molecule has 1 unspecified atom stereocenters. The van der Waals surface area contributed by atoms with Crippen molar-refractivity contribution in [2.75, 3.05) is 13.1 Å². The van der Waals surface area contributed by atoms with Crippen LogP contribution in [0.4, 0.5) is 0 Å². The van der Waals surface area contributed by atoms with Gasteiger partial charge in [-0.1, -0.05) is 32.0 Å². The lowest BCUT2D eigenvalue weighted by Gasteiger charge is -2.14. The van der Waals surface area contributed by atoms with Gasteiger partial charge in [0.15, 0.2) is 0 Å². The van der Waals surface area contributed by atoms with Gasteiger partial charge in [0, 0.05) is 11.6 Å². The Hall–Kier alpha value is -1.41. The third kappa shape index (κ3) is 3.08. The third-order valence-corrected chi connectivity index (χ3v) is 3.39. The van der Waals surface area contributed by atoms with Crippen molar-refractivity contribution in [2.24, 2.45) is 0 Å². The van der Waals surface area contributed by atoms with Crippen LogP contribution in [0.5, 0.6) is 0 Å². The summed E-state index contributed by atoms with van der Waals surface area (Å²) in [6, 6.07) is 10.6. The average Bonchev–Trinajstić information content (AvgIpc) is 2.43. The van der Waals surface area contributed by atoms with E-state index in [0.717, 1.165) is 18.6 Å².